The van der Waals surface area contributed by atoms with Crippen molar-refractivity contribution in [3.8, 4) is 0 Å². The molecule has 0 rings (SSSR count). The van der Waals surface area contributed by atoms with Gasteiger partial charge in [0.1, 0.15) is 11.6 Å². The lowest BCUT2D eigenvalue weighted by Gasteiger charge is -2.27. The van der Waals surface area contributed by atoms with E-state index < -0.39 is 23.7 Å². The van der Waals surface area contributed by atoms with Crippen LogP contribution in [0.25, 0.3) is 0 Å². The van der Waals surface area contributed by atoms with Crippen molar-refractivity contribution in [2.75, 3.05) is 11.5 Å². The van der Waals surface area contributed by atoms with Crippen LogP contribution in [-0.4, -0.2) is 45.2 Å². The van der Waals surface area contributed by atoms with Crippen LogP contribution < -0.4 is 0 Å². The average Bonchev–Trinajstić information content (AvgIpc) is 2.01. The normalized spacial score (nSPS) is 13.1. The first-order chi connectivity index (χ1) is 6.69. The van der Waals surface area contributed by atoms with Crippen LogP contribution in [0.2, 0.25) is 0 Å². The molecule has 88 valence electrons. The van der Waals surface area contributed by atoms with E-state index in [4.69, 9.17) is 9.84 Å². The van der Waals surface area contributed by atoms with Gasteiger partial charge in [0, 0.05) is 11.5 Å². The highest BCUT2D eigenvalue weighted by Gasteiger charge is 2.28. The molecule has 1 amide bonds. The smallest absolute Gasteiger partial charge is 0.410 e. The van der Waals surface area contributed by atoms with E-state index in [9.17, 15) is 9.59 Å². The fraction of sp³-hybridized carbons (Fsp3) is 0.778. The zero-order valence-corrected chi connectivity index (χ0v) is 11.4. The standard InChI is InChI=1S/C9H16INO4/c1-9(2,3)15-8(14)11(4)6(5-10)7(12)13/h6H,5H2,1-4H3,(H,12,13)/t6-/m1/s1. The van der Waals surface area contributed by atoms with Crippen LogP contribution in [-0.2, 0) is 9.53 Å². The molecule has 0 bridgehead atoms. The lowest BCUT2D eigenvalue weighted by atomic mass is 10.2. The van der Waals surface area contributed by atoms with Crippen molar-refractivity contribution in [2.24, 2.45) is 0 Å². The van der Waals surface area contributed by atoms with Crippen LogP contribution in [0.3, 0.4) is 0 Å². The second kappa shape index (κ2) is 5.53. The lowest BCUT2D eigenvalue weighted by molar-refractivity contribution is -0.141. The van der Waals surface area contributed by atoms with Crippen molar-refractivity contribution in [3.63, 3.8) is 0 Å². The number of carboxylic acid groups (broad SMARTS) is 1. The Hall–Kier alpha value is -0.530. The number of likely N-dealkylation sites (N-methyl/N-ethyl adjacent to an activating group) is 1. The van der Waals surface area contributed by atoms with Gasteiger partial charge in [0.15, 0.2) is 0 Å². The van der Waals surface area contributed by atoms with Gasteiger partial charge in [-0.2, -0.15) is 0 Å². The van der Waals surface area contributed by atoms with E-state index in [2.05, 4.69) is 0 Å². The van der Waals surface area contributed by atoms with Gasteiger partial charge in [-0.05, 0) is 20.8 Å². The summed E-state index contributed by atoms with van der Waals surface area (Å²) in [6, 6.07) is -0.847. The summed E-state index contributed by atoms with van der Waals surface area (Å²) < 4.78 is 5.38. The fourth-order valence-corrected chi connectivity index (χ4v) is 1.76. The number of hydrogen-bond donors (Lipinski definition) is 1. The lowest BCUT2D eigenvalue weighted by Crippen LogP contribution is -2.45. The van der Waals surface area contributed by atoms with Crippen LogP contribution in [0.4, 0.5) is 4.79 Å². The van der Waals surface area contributed by atoms with E-state index >= 15 is 0 Å². The first kappa shape index (κ1) is 14.5. The number of carboxylic acids is 1. The van der Waals surface area contributed by atoms with Crippen LogP contribution in [0.15, 0.2) is 0 Å². The van der Waals surface area contributed by atoms with Crippen LogP contribution in [0.1, 0.15) is 20.8 Å². The predicted molar refractivity (Wildman–Crippen MR) is 64.3 cm³/mol. The van der Waals surface area contributed by atoms with Crippen molar-refractivity contribution in [2.45, 2.75) is 32.4 Å². The number of carbonyl (C=O) groups excluding carboxylic acids is 1. The number of carbonyl (C=O) groups is 2. The van der Waals surface area contributed by atoms with Gasteiger partial charge in [0.2, 0.25) is 0 Å². The summed E-state index contributed by atoms with van der Waals surface area (Å²) in [5.74, 6) is -1.03. The molecule has 0 heterocycles. The largest absolute Gasteiger partial charge is 0.480 e. The topological polar surface area (TPSA) is 66.8 Å². The average molecular weight is 329 g/mol. The molecule has 0 fully saturated rings. The Labute approximate surface area is 103 Å². The van der Waals surface area contributed by atoms with E-state index in [1.54, 1.807) is 20.8 Å². The van der Waals surface area contributed by atoms with E-state index in [0.29, 0.717) is 4.43 Å². The highest BCUT2D eigenvalue weighted by atomic mass is 127. The molecule has 5 nitrogen and oxygen atoms in total. The molecule has 1 atom stereocenters. The molecule has 0 aromatic heterocycles. The van der Waals surface area contributed by atoms with Crippen molar-refractivity contribution >= 4 is 34.7 Å². The van der Waals surface area contributed by atoms with Crippen LogP contribution in [0, 0.1) is 0 Å². The number of ether oxygens (including phenoxy) is 1. The van der Waals surface area contributed by atoms with Gasteiger partial charge < -0.3 is 9.84 Å². The number of aliphatic carboxylic acids is 1. The maximum absolute atomic E-state index is 11.5. The third kappa shape index (κ3) is 5.19. The van der Waals surface area contributed by atoms with Gasteiger partial charge in [0.25, 0.3) is 0 Å². The van der Waals surface area contributed by atoms with Gasteiger partial charge in [-0.3, -0.25) is 4.90 Å². The Morgan fingerprint density at radius 3 is 2.20 bits per heavy atom. The van der Waals surface area contributed by atoms with Crippen LogP contribution in [0.5, 0.6) is 0 Å². The van der Waals surface area contributed by atoms with E-state index in [0.717, 1.165) is 4.90 Å². The molecular weight excluding hydrogens is 313 g/mol. The minimum atomic E-state index is -1.03. The van der Waals surface area contributed by atoms with Crippen molar-refractivity contribution < 1.29 is 19.4 Å². The predicted octanol–water partition coefficient (Wildman–Crippen LogP) is 1.74. The zero-order valence-electron chi connectivity index (χ0n) is 9.28. The minimum absolute atomic E-state index is 0.322. The van der Waals surface area contributed by atoms with Gasteiger partial charge in [0.05, 0.1) is 0 Å². The molecule has 0 spiro atoms. The second-order valence-corrected chi connectivity index (χ2v) is 4.98. The Morgan fingerprint density at radius 2 is 1.93 bits per heavy atom. The van der Waals surface area contributed by atoms with E-state index in [1.807, 2.05) is 22.6 Å². The Kier molecular flexibility index (Phi) is 5.33. The molecule has 0 unspecified atom stereocenters. The summed E-state index contributed by atoms with van der Waals surface area (Å²) in [4.78, 5) is 23.4. The molecule has 0 aromatic carbocycles. The second-order valence-electron chi connectivity index (χ2n) is 4.10. The highest BCUT2D eigenvalue weighted by molar-refractivity contribution is 14.1. The van der Waals surface area contributed by atoms with Gasteiger partial charge in [-0.15, -0.1) is 0 Å². The van der Waals surface area contributed by atoms with E-state index in [-0.39, 0.29) is 0 Å². The molecule has 1 N–H and O–H groups in total. The summed E-state index contributed by atoms with van der Waals surface area (Å²) in [7, 11) is 1.42. The summed E-state index contributed by atoms with van der Waals surface area (Å²) in [6.45, 7) is 5.20. The molecular formula is C9H16INO4. The molecule has 0 aliphatic carbocycles. The number of nitrogens with zero attached hydrogens (tertiary/aromatic N) is 1. The SMILES string of the molecule is CN(C(=O)OC(C)(C)C)[C@H](CI)C(=O)O. The fourth-order valence-electron chi connectivity index (χ4n) is 0.796. The van der Waals surface area contributed by atoms with Crippen molar-refractivity contribution in [3.05, 3.63) is 0 Å². The monoisotopic (exact) mass is 329 g/mol. The summed E-state index contributed by atoms with van der Waals surface area (Å²) in [5.41, 5.74) is -0.611. The highest BCUT2D eigenvalue weighted by Crippen LogP contribution is 2.11. The first-order valence-corrected chi connectivity index (χ1v) is 5.96. The van der Waals surface area contributed by atoms with Crippen molar-refractivity contribution in [1.82, 2.24) is 4.90 Å². The number of rotatable bonds is 3. The van der Waals surface area contributed by atoms with Gasteiger partial charge >= 0.3 is 12.1 Å². The summed E-state index contributed by atoms with van der Waals surface area (Å²) >= 11 is 1.92. The number of halogens is 1. The molecule has 6 heteroatoms. The number of hydrogen-bond acceptors (Lipinski definition) is 3. The van der Waals surface area contributed by atoms with E-state index in [1.165, 1.54) is 7.05 Å². The van der Waals surface area contributed by atoms with Crippen molar-refractivity contribution in [1.29, 1.82) is 0 Å². The quantitative estimate of drug-likeness (QED) is 0.633. The maximum atomic E-state index is 11.5. The molecule has 0 aliphatic heterocycles. The number of amides is 1. The summed E-state index contributed by atoms with van der Waals surface area (Å²) in [5, 5.41) is 8.84. The third-order valence-electron chi connectivity index (χ3n) is 1.58. The maximum Gasteiger partial charge on any atom is 0.410 e. The van der Waals surface area contributed by atoms with Gasteiger partial charge in [-0.1, -0.05) is 22.6 Å². The molecule has 0 radical (unpaired) electrons. The Bertz CT molecular complexity index is 249. The number of alkyl halides is 1. The van der Waals surface area contributed by atoms with Crippen LogP contribution >= 0.6 is 22.6 Å². The molecule has 15 heavy (non-hydrogen) atoms. The molecule has 0 aromatic rings. The minimum Gasteiger partial charge on any atom is -0.480 e. The third-order valence-corrected chi connectivity index (χ3v) is 2.41. The molecule has 0 saturated heterocycles. The zero-order chi connectivity index (χ0) is 12.2. The molecule has 0 aliphatic rings. The van der Waals surface area contributed by atoms with Gasteiger partial charge in [-0.25, -0.2) is 9.59 Å². The Balaban J connectivity index is 4.49. The Morgan fingerprint density at radius 1 is 1.47 bits per heavy atom. The summed E-state index contributed by atoms with van der Waals surface area (Å²) in [6.07, 6.45) is -0.619. The molecule has 0 saturated carbocycles. The first-order valence-electron chi connectivity index (χ1n) is 4.43.